The Bertz CT molecular complexity index is 459. The van der Waals surface area contributed by atoms with Crippen LogP contribution in [0.4, 0.5) is 0 Å². The maximum atomic E-state index is 6.16. The molecule has 1 aromatic rings. The van der Waals surface area contributed by atoms with Crippen LogP contribution in [0.3, 0.4) is 0 Å². The molecule has 1 N–H and O–H groups in total. The van der Waals surface area contributed by atoms with Gasteiger partial charge in [-0.15, -0.1) is 0 Å². The second-order valence-corrected chi connectivity index (χ2v) is 7.00. The summed E-state index contributed by atoms with van der Waals surface area (Å²) in [4.78, 5) is 4.55. The van der Waals surface area contributed by atoms with Crippen LogP contribution in [-0.2, 0) is 6.54 Å². The molecule has 1 aromatic heterocycles. The monoisotopic (exact) mass is 290 g/mol. The maximum Gasteiger partial charge on any atom is 0.214 e. The van der Waals surface area contributed by atoms with Gasteiger partial charge in [-0.1, -0.05) is 27.7 Å². The van der Waals surface area contributed by atoms with Crippen LogP contribution < -0.4 is 10.1 Å². The number of nitrogens with one attached hydrogen (secondary N) is 1. The van der Waals surface area contributed by atoms with E-state index >= 15 is 0 Å². The van der Waals surface area contributed by atoms with E-state index in [1.807, 2.05) is 6.92 Å². The molecule has 1 aliphatic carbocycles. The van der Waals surface area contributed by atoms with Crippen molar-refractivity contribution in [3.05, 3.63) is 23.4 Å². The first-order valence-corrected chi connectivity index (χ1v) is 8.31. The maximum absolute atomic E-state index is 6.16. The SMILES string of the molecule is Cc1cc(CNC(C)C)cc(OC2CCC(C)C(C)C2)n1. The summed E-state index contributed by atoms with van der Waals surface area (Å²) in [5, 5.41) is 3.45. The molecule has 3 atom stereocenters. The van der Waals surface area contributed by atoms with E-state index in [1.165, 1.54) is 12.0 Å². The topological polar surface area (TPSA) is 34.1 Å². The molecule has 0 aliphatic heterocycles. The van der Waals surface area contributed by atoms with Gasteiger partial charge in [0, 0.05) is 24.3 Å². The van der Waals surface area contributed by atoms with Crippen molar-refractivity contribution < 1.29 is 4.74 Å². The van der Waals surface area contributed by atoms with E-state index in [0.717, 1.165) is 42.8 Å². The second kappa shape index (κ2) is 7.26. The Morgan fingerprint density at radius 2 is 2.00 bits per heavy atom. The number of aromatic nitrogens is 1. The van der Waals surface area contributed by atoms with E-state index in [4.69, 9.17) is 4.74 Å². The molecule has 3 unspecified atom stereocenters. The number of ether oxygens (including phenoxy) is 1. The predicted molar refractivity (Wildman–Crippen MR) is 87.5 cm³/mol. The van der Waals surface area contributed by atoms with Crippen molar-refractivity contribution in [2.24, 2.45) is 11.8 Å². The van der Waals surface area contributed by atoms with E-state index in [-0.39, 0.29) is 0 Å². The quantitative estimate of drug-likeness (QED) is 0.887. The zero-order valence-corrected chi connectivity index (χ0v) is 14.1. The van der Waals surface area contributed by atoms with Crippen molar-refractivity contribution in [2.45, 2.75) is 72.6 Å². The standard InChI is InChI=1S/C18H30N2O/c1-12(2)19-11-16-9-15(5)20-18(10-16)21-17-7-6-13(3)14(4)8-17/h9-10,12-14,17,19H,6-8,11H2,1-5H3. The third-order valence-electron chi connectivity index (χ3n) is 4.54. The first-order valence-electron chi connectivity index (χ1n) is 8.31. The van der Waals surface area contributed by atoms with Gasteiger partial charge in [0.25, 0.3) is 0 Å². The molecule has 21 heavy (non-hydrogen) atoms. The van der Waals surface area contributed by atoms with Gasteiger partial charge in [-0.05, 0) is 49.7 Å². The number of hydrogen-bond donors (Lipinski definition) is 1. The number of hydrogen-bond acceptors (Lipinski definition) is 3. The fourth-order valence-corrected chi connectivity index (χ4v) is 2.97. The van der Waals surface area contributed by atoms with Gasteiger partial charge in [-0.2, -0.15) is 0 Å². The molecule has 118 valence electrons. The normalized spacial score (nSPS) is 26.1. The van der Waals surface area contributed by atoms with Crippen molar-refractivity contribution >= 4 is 0 Å². The second-order valence-electron chi connectivity index (χ2n) is 7.00. The highest BCUT2D eigenvalue weighted by molar-refractivity contribution is 5.25. The van der Waals surface area contributed by atoms with E-state index in [1.54, 1.807) is 0 Å². The summed E-state index contributed by atoms with van der Waals surface area (Å²) in [5.74, 6) is 2.36. The minimum atomic E-state index is 0.330. The average molecular weight is 290 g/mol. The highest BCUT2D eigenvalue weighted by Crippen LogP contribution is 2.31. The lowest BCUT2D eigenvalue weighted by atomic mass is 9.80. The Hall–Kier alpha value is -1.09. The summed E-state index contributed by atoms with van der Waals surface area (Å²) in [6.07, 6.45) is 3.90. The molecule has 0 amide bonds. The number of aryl methyl sites for hydroxylation is 1. The lowest BCUT2D eigenvalue weighted by Crippen LogP contribution is -2.29. The van der Waals surface area contributed by atoms with Crippen LogP contribution in [0.2, 0.25) is 0 Å². The smallest absolute Gasteiger partial charge is 0.214 e. The Balaban J connectivity index is 1.99. The van der Waals surface area contributed by atoms with Crippen LogP contribution in [0, 0.1) is 18.8 Å². The van der Waals surface area contributed by atoms with Gasteiger partial charge in [-0.25, -0.2) is 4.98 Å². The number of pyridine rings is 1. The van der Waals surface area contributed by atoms with Gasteiger partial charge in [0.05, 0.1) is 0 Å². The average Bonchev–Trinajstić information content (AvgIpc) is 2.40. The van der Waals surface area contributed by atoms with Crippen molar-refractivity contribution in [3.8, 4) is 5.88 Å². The molecule has 0 spiro atoms. The lowest BCUT2D eigenvalue weighted by Gasteiger charge is -2.32. The van der Waals surface area contributed by atoms with Gasteiger partial charge < -0.3 is 10.1 Å². The third kappa shape index (κ3) is 4.99. The van der Waals surface area contributed by atoms with Crippen LogP contribution in [0.1, 0.15) is 58.2 Å². The Labute approximate surface area is 129 Å². The van der Waals surface area contributed by atoms with E-state index in [9.17, 15) is 0 Å². The van der Waals surface area contributed by atoms with E-state index < -0.39 is 0 Å². The fourth-order valence-electron chi connectivity index (χ4n) is 2.97. The first-order chi connectivity index (χ1) is 9.94. The van der Waals surface area contributed by atoms with Crippen molar-refractivity contribution in [3.63, 3.8) is 0 Å². The minimum Gasteiger partial charge on any atom is -0.474 e. The van der Waals surface area contributed by atoms with E-state index in [2.05, 4.69) is 50.1 Å². The van der Waals surface area contributed by atoms with Crippen LogP contribution in [0.5, 0.6) is 5.88 Å². The molecule has 0 aromatic carbocycles. The summed E-state index contributed by atoms with van der Waals surface area (Å²) in [7, 11) is 0. The molecular weight excluding hydrogens is 260 g/mol. The predicted octanol–water partition coefficient (Wildman–Crippen LogP) is 4.09. The largest absolute Gasteiger partial charge is 0.474 e. The fraction of sp³-hybridized carbons (Fsp3) is 0.722. The Morgan fingerprint density at radius 3 is 2.67 bits per heavy atom. The highest BCUT2D eigenvalue weighted by atomic mass is 16.5. The van der Waals surface area contributed by atoms with Crippen LogP contribution in [-0.4, -0.2) is 17.1 Å². The van der Waals surface area contributed by atoms with E-state index in [0.29, 0.717) is 12.1 Å². The highest BCUT2D eigenvalue weighted by Gasteiger charge is 2.26. The van der Waals surface area contributed by atoms with Crippen molar-refractivity contribution in [1.82, 2.24) is 10.3 Å². The Kier molecular flexibility index (Phi) is 5.63. The van der Waals surface area contributed by atoms with Crippen LogP contribution in [0.15, 0.2) is 12.1 Å². The zero-order chi connectivity index (χ0) is 15.4. The Morgan fingerprint density at radius 1 is 1.24 bits per heavy atom. The molecule has 1 aliphatic rings. The molecule has 3 nitrogen and oxygen atoms in total. The minimum absolute atomic E-state index is 0.330. The van der Waals surface area contributed by atoms with Gasteiger partial charge in [0.2, 0.25) is 5.88 Å². The zero-order valence-electron chi connectivity index (χ0n) is 14.1. The van der Waals surface area contributed by atoms with Gasteiger partial charge >= 0.3 is 0 Å². The van der Waals surface area contributed by atoms with Crippen LogP contribution in [0.25, 0.3) is 0 Å². The third-order valence-corrected chi connectivity index (χ3v) is 4.54. The molecule has 0 bridgehead atoms. The molecule has 3 heteroatoms. The van der Waals surface area contributed by atoms with Gasteiger partial charge in [0.1, 0.15) is 6.10 Å². The molecule has 1 fully saturated rings. The molecule has 0 radical (unpaired) electrons. The molecule has 2 rings (SSSR count). The molecular formula is C18H30N2O. The number of nitrogens with zero attached hydrogens (tertiary/aromatic N) is 1. The molecule has 0 saturated heterocycles. The summed E-state index contributed by atoms with van der Waals surface area (Å²) in [6.45, 7) is 11.9. The summed E-state index contributed by atoms with van der Waals surface area (Å²) in [6, 6.07) is 4.71. The summed E-state index contributed by atoms with van der Waals surface area (Å²) in [5.41, 5.74) is 2.29. The lowest BCUT2D eigenvalue weighted by molar-refractivity contribution is 0.0962. The van der Waals surface area contributed by atoms with Crippen molar-refractivity contribution in [1.29, 1.82) is 0 Å². The van der Waals surface area contributed by atoms with Crippen LogP contribution >= 0.6 is 0 Å². The first kappa shape index (κ1) is 16.3. The summed E-state index contributed by atoms with van der Waals surface area (Å²) >= 11 is 0. The van der Waals surface area contributed by atoms with Gasteiger partial charge in [0.15, 0.2) is 0 Å². The van der Waals surface area contributed by atoms with Crippen molar-refractivity contribution in [2.75, 3.05) is 0 Å². The number of rotatable bonds is 5. The summed E-state index contributed by atoms with van der Waals surface area (Å²) < 4.78 is 6.16. The molecule has 1 saturated carbocycles. The van der Waals surface area contributed by atoms with Gasteiger partial charge in [-0.3, -0.25) is 0 Å². The molecule has 1 heterocycles.